The summed E-state index contributed by atoms with van der Waals surface area (Å²) in [6.07, 6.45) is 4.22. The second kappa shape index (κ2) is 5.38. The molecule has 3 heterocycles. The first kappa shape index (κ1) is 13.7. The Morgan fingerprint density at radius 3 is 3.00 bits per heavy atom. The molecule has 0 aromatic carbocycles. The van der Waals surface area contributed by atoms with Gasteiger partial charge in [-0.05, 0) is 25.5 Å². The number of nitrogens with one attached hydrogen (secondary N) is 2. The standard InChI is InChI=1S/C15H15N7O/c1-8-17-7-12(18-8)9-6-10(9)14(23)20-15-19-13(21-22-15)11-4-2-3-5-16-11/h2-5,7-10H,6H2,1H3,(H2,19,20,21,22,23). The lowest BCUT2D eigenvalue weighted by molar-refractivity contribution is -0.117. The van der Waals surface area contributed by atoms with E-state index in [0.29, 0.717) is 17.5 Å². The first-order valence-corrected chi connectivity index (χ1v) is 7.46. The fraction of sp³-hybridized carbons (Fsp3) is 0.333. The van der Waals surface area contributed by atoms with Crippen molar-refractivity contribution >= 4 is 23.8 Å². The summed E-state index contributed by atoms with van der Waals surface area (Å²) in [4.78, 5) is 28.0. The second-order valence-electron chi connectivity index (χ2n) is 5.64. The average molecular weight is 309 g/mol. The molecule has 3 atom stereocenters. The number of aromatic nitrogens is 4. The number of pyridine rings is 1. The summed E-state index contributed by atoms with van der Waals surface area (Å²) < 4.78 is 0. The summed E-state index contributed by atoms with van der Waals surface area (Å²) >= 11 is 0. The number of hydrogen-bond acceptors (Lipinski definition) is 6. The molecule has 4 rings (SSSR count). The molecule has 2 N–H and O–H groups in total. The molecule has 116 valence electrons. The number of hydrogen-bond donors (Lipinski definition) is 2. The zero-order valence-electron chi connectivity index (χ0n) is 12.5. The van der Waals surface area contributed by atoms with E-state index in [4.69, 9.17) is 0 Å². The van der Waals surface area contributed by atoms with Gasteiger partial charge in [-0.15, -0.1) is 10.2 Å². The van der Waals surface area contributed by atoms with E-state index in [-0.39, 0.29) is 23.9 Å². The van der Waals surface area contributed by atoms with Crippen molar-refractivity contribution in [2.75, 3.05) is 5.32 Å². The van der Waals surface area contributed by atoms with E-state index in [9.17, 15) is 4.79 Å². The Kier molecular flexibility index (Phi) is 3.22. The van der Waals surface area contributed by atoms with E-state index >= 15 is 0 Å². The third-order valence-electron chi connectivity index (χ3n) is 3.90. The number of H-pyrrole nitrogens is 1. The van der Waals surface area contributed by atoms with Gasteiger partial charge in [0.25, 0.3) is 0 Å². The molecule has 1 amide bonds. The number of aliphatic imine (C=N–C) groups is 2. The molecule has 2 aromatic heterocycles. The summed E-state index contributed by atoms with van der Waals surface area (Å²) in [7, 11) is 0. The lowest BCUT2D eigenvalue weighted by Crippen LogP contribution is -2.17. The highest BCUT2D eigenvalue weighted by Crippen LogP contribution is 2.41. The van der Waals surface area contributed by atoms with Crippen LogP contribution in [0.5, 0.6) is 0 Å². The van der Waals surface area contributed by atoms with Gasteiger partial charge >= 0.3 is 0 Å². The molecule has 0 saturated heterocycles. The number of anilines is 1. The summed E-state index contributed by atoms with van der Waals surface area (Å²) in [5.74, 6) is 0.872. The third kappa shape index (κ3) is 2.75. The summed E-state index contributed by atoms with van der Waals surface area (Å²) in [6.45, 7) is 1.93. The van der Waals surface area contributed by atoms with Crippen molar-refractivity contribution < 1.29 is 4.79 Å². The van der Waals surface area contributed by atoms with Crippen LogP contribution < -0.4 is 5.32 Å². The summed E-state index contributed by atoms with van der Waals surface area (Å²) in [5.41, 5.74) is 1.60. The summed E-state index contributed by atoms with van der Waals surface area (Å²) in [5, 5.41) is 10.7. The van der Waals surface area contributed by atoms with Crippen molar-refractivity contribution in [3.05, 3.63) is 24.4 Å². The average Bonchev–Trinajstić information content (AvgIpc) is 3.03. The molecule has 1 saturated carbocycles. The molecule has 8 heteroatoms. The minimum atomic E-state index is -0.0751. The minimum Gasteiger partial charge on any atom is -0.306 e. The molecule has 2 aromatic rings. The Bertz CT molecular complexity index is 795. The van der Waals surface area contributed by atoms with Gasteiger partial charge in [0.15, 0.2) is 5.82 Å². The molecule has 3 unspecified atom stereocenters. The Morgan fingerprint density at radius 2 is 2.26 bits per heavy atom. The maximum Gasteiger partial charge on any atom is 0.230 e. The molecule has 2 aliphatic rings. The Balaban J connectivity index is 1.40. The fourth-order valence-corrected chi connectivity index (χ4v) is 2.62. The quantitative estimate of drug-likeness (QED) is 0.887. The van der Waals surface area contributed by atoms with Crippen molar-refractivity contribution in [2.24, 2.45) is 21.8 Å². The highest BCUT2D eigenvalue weighted by Gasteiger charge is 2.46. The Hall–Kier alpha value is -2.90. The highest BCUT2D eigenvalue weighted by atomic mass is 16.2. The number of aromatic amines is 1. The van der Waals surface area contributed by atoms with E-state index in [0.717, 1.165) is 12.1 Å². The Morgan fingerprint density at radius 1 is 1.35 bits per heavy atom. The van der Waals surface area contributed by atoms with E-state index in [2.05, 4.69) is 35.5 Å². The van der Waals surface area contributed by atoms with Gasteiger partial charge in [0, 0.05) is 24.2 Å². The van der Waals surface area contributed by atoms with Gasteiger partial charge in [0.1, 0.15) is 11.9 Å². The molecule has 8 nitrogen and oxygen atoms in total. The monoisotopic (exact) mass is 309 g/mol. The first-order chi connectivity index (χ1) is 11.2. The van der Waals surface area contributed by atoms with E-state index in [1.807, 2.05) is 25.1 Å². The van der Waals surface area contributed by atoms with Gasteiger partial charge in [-0.25, -0.2) is 0 Å². The van der Waals surface area contributed by atoms with E-state index < -0.39 is 0 Å². The maximum atomic E-state index is 12.3. The predicted molar refractivity (Wildman–Crippen MR) is 85.2 cm³/mol. The smallest absolute Gasteiger partial charge is 0.230 e. The molecule has 0 spiro atoms. The fourth-order valence-electron chi connectivity index (χ4n) is 2.62. The number of carbonyl (C=O) groups excluding carboxylic acids is 1. The molecular formula is C15H15N7O. The largest absolute Gasteiger partial charge is 0.306 e. The zero-order valence-corrected chi connectivity index (χ0v) is 12.5. The molecular weight excluding hydrogens is 294 g/mol. The topological polar surface area (TPSA) is 108 Å². The van der Waals surface area contributed by atoms with Crippen LogP contribution in [-0.2, 0) is 4.79 Å². The van der Waals surface area contributed by atoms with Crippen molar-refractivity contribution in [1.82, 2.24) is 20.2 Å². The Labute approximate surface area is 132 Å². The van der Waals surface area contributed by atoms with Crippen molar-refractivity contribution in [2.45, 2.75) is 19.5 Å². The second-order valence-corrected chi connectivity index (χ2v) is 5.64. The number of amides is 1. The van der Waals surface area contributed by atoms with Gasteiger partial charge < -0.3 is 4.98 Å². The van der Waals surface area contributed by atoms with Crippen molar-refractivity contribution in [3.8, 4) is 11.5 Å². The maximum absolute atomic E-state index is 12.3. The van der Waals surface area contributed by atoms with Gasteiger partial charge in [-0.3, -0.25) is 25.1 Å². The third-order valence-corrected chi connectivity index (χ3v) is 3.90. The van der Waals surface area contributed by atoms with Gasteiger partial charge in [-0.2, -0.15) is 0 Å². The van der Waals surface area contributed by atoms with Crippen LogP contribution in [0.2, 0.25) is 0 Å². The van der Waals surface area contributed by atoms with Crippen molar-refractivity contribution in [3.63, 3.8) is 0 Å². The highest BCUT2D eigenvalue weighted by molar-refractivity contribution is 6.34. The van der Waals surface area contributed by atoms with Crippen LogP contribution in [0.1, 0.15) is 13.3 Å². The van der Waals surface area contributed by atoms with Crippen molar-refractivity contribution in [1.29, 1.82) is 0 Å². The molecule has 0 radical (unpaired) electrons. The van der Waals surface area contributed by atoms with Gasteiger partial charge in [0.05, 0.1) is 5.71 Å². The van der Waals surface area contributed by atoms with Gasteiger partial charge in [0.2, 0.25) is 11.9 Å². The predicted octanol–water partition coefficient (Wildman–Crippen LogP) is 1.31. The molecule has 1 fully saturated rings. The normalized spacial score (nSPS) is 25.3. The van der Waals surface area contributed by atoms with Crippen LogP contribution in [-0.4, -0.2) is 44.2 Å². The van der Waals surface area contributed by atoms with Crippen LogP contribution in [0.25, 0.3) is 11.5 Å². The SMILES string of the molecule is CC1N=CC(C2CC2C(=O)Nc2nnc(-c3ccccn3)[nH]2)=N1. The van der Waals surface area contributed by atoms with Crippen LogP contribution in [0.3, 0.4) is 0 Å². The van der Waals surface area contributed by atoms with Crippen LogP contribution >= 0.6 is 0 Å². The molecule has 1 aliphatic carbocycles. The lowest BCUT2D eigenvalue weighted by atomic mass is 10.2. The zero-order chi connectivity index (χ0) is 15.8. The minimum absolute atomic E-state index is 0.0236. The number of rotatable bonds is 4. The van der Waals surface area contributed by atoms with Crippen LogP contribution in [0.15, 0.2) is 34.4 Å². The number of nitrogens with zero attached hydrogens (tertiary/aromatic N) is 5. The summed E-state index contributed by atoms with van der Waals surface area (Å²) in [6, 6.07) is 5.51. The lowest BCUT2D eigenvalue weighted by Gasteiger charge is -2.00. The first-order valence-electron chi connectivity index (χ1n) is 7.46. The molecule has 1 aliphatic heterocycles. The van der Waals surface area contributed by atoms with Gasteiger partial charge in [-0.1, -0.05) is 6.07 Å². The molecule has 23 heavy (non-hydrogen) atoms. The van der Waals surface area contributed by atoms with Crippen LogP contribution in [0.4, 0.5) is 5.95 Å². The van der Waals surface area contributed by atoms with E-state index in [1.165, 1.54) is 0 Å². The van der Waals surface area contributed by atoms with E-state index in [1.54, 1.807) is 12.4 Å². The molecule has 0 bridgehead atoms. The number of carbonyl (C=O) groups is 1. The van der Waals surface area contributed by atoms with Crippen LogP contribution in [0, 0.1) is 11.8 Å².